The summed E-state index contributed by atoms with van der Waals surface area (Å²) in [6.07, 6.45) is 5.90. The van der Waals surface area contributed by atoms with Gasteiger partial charge in [-0.3, -0.25) is 0 Å². The molecule has 6 nitrogen and oxygen atoms in total. The first-order valence-corrected chi connectivity index (χ1v) is 8.12. The maximum atomic E-state index is 12.4. The van der Waals surface area contributed by atoms with Gasteiger partial charge in [0.15, 0.2) is 0 Å². The largest absolute Gasteiger partial charge is 0.461 e. The van der Waals surface area contributed by atoms with Crippen molar-refractivity contribution in [3.8, 4) is 6.07 Å². The van der Waals surface area contributed by atoms with Crippen LogP contribution in [0.5, 0.6) is 0 Å². The molecule has 2 aromatic heterocycles. The minimum atomic E-state index is -0.792. The molecule has 120 valence electrons. The molecule has 0 bridgehead atoms. The molecule has 1 aliphatic rings. The van der Waals surface area contributed by atoms with Gasteiger partial charge in [-0.2, -0.15) is 10.2 Å². The Kier molecular flexibility index (Phi) is 4.22. The van der Waals surface area contributed by atoms with Gasteiger partial charge in [0.25, 0.3) is 0 Å². The molecule has 1 aliphatic carbocycles. The molecule has 0 aromatic carbocycles. The molecular formula is C16H17ClN4O2. The van der Waals surface area contributed by atoms with Crippen LogP contribution in [0.4, 0.5) is 0 Å². The highest BCUT2D eigenvalue weighted by atomic mass is 35.5. The second-order valence-corrected chi connectivity index (χ2v) is 6.05. The van der Waals surface area contributed by atoms with E-state index in [1.807, 2.05) is 0 Å². The molecule has 2 aromatic rings. The van der Waals surface area contributed by atoms with Gasteiger partial charge in [-0.15, -0.1) is 0 Å². The molecule has 0 unspecified atom stereocenters. The van der Waals surface area contributed by atoms with Crippen LogP contribution in [-0.2, 0) is 10.3 Å². The normalized spacial score (nSPS) is 16.9. The lowest BCUT2D eigenvalue weighted by Crippen LogP contribution is -2.36. The lowest BCUT2D eigenvalue weighted by atomic mass is 9.82. The number of carbonyl (C=O) groups excluding carboxylic acids is 1. The van der Waals surface area contributed by atoms with Gasteiger partial charge in [0.2, 0.25) is 5.28 Å². The molecular weight excluding hydrogens is 316 g/mol. The fourth-order valence-corrected chi connectivity index (χ4v) is 3.41. The molecule has 0 spiro atoms. The Labute approximate surface area is 139 Å². The molecule has 0 radical (unpaired) electrons. The molecule has 0 N–H and O–H groups in total. The van der Waals surface area contributed by atoms with Gasteiger partial charge in [0.1, 0.15) is 16.9 Å². The number of hydrogen-bond donors (Lipinski definition) is 0. The lowest BCUT2D eigenvalue weighted by Gasteiger charge is -2.33. The number of halogens is 1. The zero-order valence-corrected chi connectivity index (χ0v) is 13.6. The first-order valence-electron chi connectivity index (χ1n) is 7.74. The quantitative estimate of drug-likeness (QED) is 0.635. The first-order chi connectivity index (χ1) is 11.1. The molecule has 0 saturated heterocycles. The molecule has 0 aliphatic heterocycles. The number of aromatic nitrogens is 3. The number of ether oxygens (including phenoxy) is 1. The van der Waals surface area contributed by atoms with Crippen LogP contribution in [0.15, 0.2) is 12.3 Å². The van der Waals surface area contributed by atoms with Crippen molar-refractivity contribution in [1.29, 1.82) is 5.26 Å². The molecule has 1 fully saturated rings. The summed E-state index contributed by atoms with van der Waals surface area (Å²) >= 11 is 5.93. The van der Waals surface area contributed by atoms with Crippen LogP contribution in [0.2, 0.25) is 5.28 Å². The average Bonchev–Trinajstić information content (AvgIpc) is 2.95. The number of fused-ring (bicyclic) bond motifs is 1. The first kappa shape index (κ1) is 15.8. The fourth-order valence-electron chi connectivity index (χ4n) is 3.28. The van der Waals surface area contributed by atoms with Gasteiger partial charge in [-0.05, 0) is 37.4 Å². The molecule has 2 heterocycles. The van der Waals surface area contributed by atoms with Crippen LogP contribution in [0.25, 0.3) is 11.0 Å². The summed E-state index contributed by atoms with van der Waals surface area (Å²) < 4.78 is 6.87. The molecule has 7 heteroatoms. The third-order valence-electron chi connectivity index (χ3n) is 4.31. The SMILES string of the molecule is CCOC(=O)c1cc2cnc(Cl)nc2n1C1(C#N)CCCCC1. The Morgan fingerprint density at radius 2 is 2.22 bits per heavy atom. The zero-order valence-electron chi connectivity index (χ0n) is 12.9. The summed E-state index contributed by atoms with van der Waals surface area (Å²) in [5.41, 5.74) is 0.0538. The predicted molar refractivity (Wildman–Crippen MR) is 85.2 cm³/mol. The summed E-state index contributed by atoms with van der Waals surface area (Å²) in [6, 6.07) is 4.10. The Morgan fingerprint density at radius 1 is 1.48 bits per heavy atom. The Hall–Kier alpha value is -2.13. The van der Waals surface area contributed by atoms with E-state index < -0.39 is 11.5 Å². The van der Waals surface area contributed by atoms with E-state index in [0.717, 1.165) is 19.3 Å². The highest BCUT2D eigenvalue weighted by Gasteiger charge is 2.38. The molecule has 3 rings (SSSR count). The standard InChI is InChI=1S/C16H17ClN4O2/c1-2-23-14(22)12-8-11-9-19-15(17)20-13(11)21(12)16(10-18)6-4-3-5-7-16/h8-9H,2-7H2,1H3. The van der Waals surface area contributed by atoms with Crippen molar-refractivity contribution in [1.82, 2.24) is 14.5 Å². The lowest BCUT2D eigenvalue weighted by molar-refractivity contribution is 0.0505. The third-order valence-corrected chi connectivity index (χ3v) is 4.49. The van der Waals surface area contributed by atoms with Crippen LogP contribution in [0.1, 0.15) is 49.5 Å². The van der Waals surface area contributed by atoms with Crippen molar-refractivity contribution in [2.75, 3.05) is 6.61 Å². The highest BCUT2D eigenvalue weighted by molar-refractivity contribution is 6.28. The number of hydrogen-bond acceptors (Lipinski definition) is 5. The minimum Gasteiger partial charge on any atom is -0.461 e. The summed E-state index contributed by atoms with van der Waals surface area (Å²) in [6.45, 7) is 2.02. The topological polar surface area (TPSA) is 80.8 Å². The van der Waals surface area contributed by atoms with Gasteiger partial charge in [0.05, 0.1) is 12.7 Å². The number of nitriles is 1. The van der Waals surface area contributed by atoms with Crippen molar-refractivity contribution >= 4 is 28.6 Å². The number of carbonyl (C=O) groups is 1. The molecule has 0 amide bonds. The predicted octanol–water partition coefficient (Wildman–Crippen LogP) is 3.44. The Balaban J connectivity index is 2.27. The van der Waals surface area contributed by atoms with E-state index in [-0.39, 0.29) is 11.9 Å². The second-order valence-electron chi connectivity index (χ2n) is 5.71. The van der Waals surface area contributed by atoms with E-state index in [4.69, 9.17) is 16.3 Å². The van der Waals surface area contributed by atoms with Crippen LogP contribution in [0.3, 0.4) is 0 Å². The van der Waals surface area contributed by atoms with Gasteiger partial charge >= 0.3 is 5.97 Å². The summed E-state index contributed by atoms with van der Waals surface area (Å²) in [5, 5.41) is 10.7. The monoisotopic (exact) mass is 332 g/mol. The van der Waals surface area contributed by atoms with E-state index in [0.29, 0.717) is 29.6 Å². The minimum absolute atomic E-state index is 0.0937. The van der Waals surface area contributed by atoms with E-state index in [9.17, 15) is 10.1 Å². The summed E-state index contributed by atoms with van der Waals surface area (Å²) in [4.78, 5) is 20.6. The second kappa shape index (κ2) is 6.17. The van der Waals surface area contributed by atoms with E-state index in [1.165, 1.54) is 0 Å². The highest BCUT2D eigenvalue weighted by Crippen LogP contribution is 2.38. The van der Waals surface area contributed by atoms with Crippen molar-refractivity contribution in [2.24, 2.45) is 0 Å². The molecule has 0 atom stereocenters. The fraction of sp³-hybridized carbons (Fsp3) is 0.500. The van der Waals surface area contributed by atoms with Gasteiger partial charge in [0, 0.05) is 11.6 Å². The summed E-state index contributed by atoms with van der Waals surface area (Å²) in [5.74, 6) is -0.457. The van der Waals surface area contributed by atoms with Crippen LogP contribution >= 0.6 is 11.6 Å². The van der Waals surface area contributed by atoms with Crippen molar-refractivity contribution in [2.45, 2.75) is 44.6 Å². The van der Waals surface area contributed by atoms with Gasteiger partial charge in [-0.1, -0.05) is 19.3 Å². The third kappa shape index (κ3) is 2.66. The average molecular weight is 333 g/mol. The van der Waals surface area contributed by atoms with E-state index in [2.05, 4.69) is 16.0 Å². The van der Waals surface area contributed by atoms with Crippen molar-refractivity contribution in [3.63, 3.8) is 0 Å². The van der Waals surface area contributed by atoms with Crippen molar-refractivity contribution in [3.05, 3.63) is 23.2 Å². The number of esters is 1. The maximum absolute atomic E-state index is 12.4. The molecule has 23 heavy (non-hydrogen) atoms. The van der Waals surface area contributed by atoms with Gasteiger partial charge < -0.3 is 9.30 Å². The van der Waals surface area contributed by atoms with Gasteiger partial charge in [-0.25, -0.2) is 9.78 Å². The summed E-state index contributed by atoms with van der Waals surface area (Å²) in [7, 11) is 0. The number of rotatable bonds is 3. The molecule has 1 saturated carbocycles. The van der Waals surface area contributed by atoms with Crippen LogP contribution in [-0.4, -0.2) is 27.1 Å². The van der Waals surface area contributed by atoms with E-state index in [1.54, 1.807) is 23.8 Å². The maximum Gasteiger partial charge on any atom is 0.355 e. The smallest absolute Gasteiger partial charge is 0.355 e. The van der Waals surface area contributed by atoms with Crippen LogP contribution in [0, 0.1) is 11.3 Å². The van der Waals surface area contributed by atoms with E-state index >= 15 is 0 Å². The Morgan fingerprint density at radius 3 is 2.87 bits per heavy atom. The number of nitrogens with zero attached hydrogens (tertiary/aromatic N) is 4. The van der Waals surface area contributed by atoms with Crippen LogP contribution < -0.4 is 0 Å². The zero-order chi connectivity index (χ0) is 16.4. The van der Waals surface area contributed by atoms with Crippen molar-refractivity contribution < 1.29 is 9.53 Å². The Bertz CT molecular complexity index is 787.